The van der Waals surface area contributed by atoms with Crippen molar-refractivity contribution in [3.63, 3.8) is 0 Å². The fourth-order valence-electron chi connectivity index (χ4n) is 4.97. The molecule has 1 amide bonds. The number of cyclic esters (lactones) is 1. The Bertz CT molecular complexity index is 1430. The molecule has 3 N–H and O–H groups in total. The van der Waals surface area contributed by atoms with Gasteiger partial charge in [0.05, 0.1) is 35.1 Å². The maximum Gasteiger partial charge on any atom is 0.343 e. The highest BCUT2D eigenvalue weighted by Gasteiger charge is 2.45. The maximum atomic E-state index is 13.4. The van der Waals surface area contributed by atoms with Gasteiger partial charge in [-0.15, -0.1) is 0 Å². The lowest BCUT2D eigenvalue weighted by Crippen LogP contribution is -2.44. The maximum absolute atomic E-state index is 13.4. The molecule has 3 aromatic rings. The Hall–Kier alpha value is -3.72. The summed E-state index contributed by atoms with van der Waals surface area (Å²) in [5.41, 5.74) is 1.33. The molecular weight excluding hydrogens is 426 g/mol. The van der Waals surface area contributed by atoms with E-state index in [9.17, 15) is 24.6 Å². The molecule has 9 nitrogen and oxygen atoms in total. The summed E-state index contributed by atoms with van der Waals surface area (Å²) in [6, 6.07) is 6.03. The summed E-state index contributed by atoms with van der Waals surface area (Å²) in [6.45, 7) is 4.91. The monoisotopic (exact) mass is 449 g/mol. The van der Waals surface area contributed by atoms with Gasteiger partial charge in [0.15, 0.2) is 5.60 Å². The van der Waals surface area contributed by atoms with Gasteiger partial charge >= 0.3 is 5.97 Å². The molecule has 9 heteroatoms. The standard InChI is InChI=1S/C24H23N3O6/c1-4-24(32)17-8-19-21-15(9-27(19)22(30)16(17)10-33-23(24)31)20(11(2)25-12(3)28)14-7-13(29)5-6-18(14)26-21/h5-8,11,29,32H,4,9-10H2,1-3H3,(H,25,28)/t11-,24+/m1/s1. The SMILES string of the molecule is CC[C@@]1(O)C(=O)OCc2c1cc1n(c2=O)Cc2c-1nc1ccc(O)cc1c2[C@@H](C)NC(C)=O. The first-order valence-corrected chi connectivity index (χ1v) is 10.8. The number of aromatic nitrogens is 2. The fraction of sp³-hybridized carbons (Fsp3) is 0.333. The van der Waals surface area contributed by atoms with Crippen LogP contribution in [0, 0.1) is 0 Å². The molecule has 33 heavy (non-hydrogen) atoms. The summed E-state index contributed by atoms with van der Waals surface area (Å²) in [7, 11) is 0. The largest absolute Gasteiger partial charge is 0.508 e. The summed E-state index contributed by atoms with van der Waals surface area (Å²) in [6.07, 6.45) is 0.0594. The number of ether oxygens (including phenoxy) is 1. The summed E-state index contributed by atoms with van der Waals surface area (Å²) < 4.78 is 6.67. The van der Waals surface area contributed by atoms with Gasteiger partial charge in [0.2, 0.25) is 5.91 Å². The number of carbonyl (C=O) groups is 2. The molecule has 0 radical (unpaired) electrons. The third kappa shape index (κ3) is 2.96. The van der Waals surface area contributed by atoms with E-state index in [0.717, 1.165) is 11.1 Å². The molecule has 0 saturated heterocycles. The summed E-state index contributed by atoms with van der Waals surface area (Å²) in [5, 5.41) is 24.7. The van der Waals surface area contributed by atoms with Crippen LogP contribution in [0.1, 0.15) is 55.5 Å². The second-order valence-electron chi connectivity index (χ2n) is 8.58. The van der Waals surface area contributed by atoms with Crippen LogP contribution in [-0.4, -0.2) is 31.6 Å². The number of hydrogen-bond donors (Lipinski definition) is 3. The first-order valence-electron chi connectivity index (χ1n) is 10.8. The van der Waals surface area contributed by atoms with E-state index < -0.39 is 17.6 Å². The number of rotatable bonds is 3. The average molecular weight is 449 g/mol. The van der Waals surface area contributed by atoms with E-state index in [-0.39, 0.29) is 47.9 Å². The second-order valence-corrected chi connectivity index (χ2v) is 8.58. The zero-order valence-corrected chi connectivity index (χ0v) is 18.4. The van der Waals surface area contributed by atoms with Gasteiger partial charge in [-0.25, -0.2) is 9.78 Å². The molecule has 2 aromatic heterocycles. The third-order valence-corrected chi connectivity index (χ3v) is 6.57. The number of aromatic hydroxyl groups is 1. The first-order chi connectivity index (χ1) is 15.7. The lowest BCUT2D eigenvalue weighted by molar-refractivity contribution is -0.172. The number of carbonyl (C=O) groups excluding carboxylic acids is 2. The summed E-state index contributed by atoms with van der Waals surface area (Å²) in [4.78, 5) is 42.3. The van der Waals surface area contributed by atoms with Gasteiger partial charge in [0.25, 0.3) is 5.56 Å². The predicted molar refractivity (Wildman–Crippen MR) is 118 cm³/mol. The number of nitrogens with zero attached hydrogens (tertiary/aromatic N) is 2. The quantitative estimate of drug-likeness (QED) is 0.408. The van der Waals surface area contributed by atoms with Gasteiger partial charge in [0.1, 0.15) is 12.4 Å². The normalized spacial score (nSPS) is 19.5. The summed E-state index contributed by atoms with van der Waals surface area (Å²) in [5.74, 6) is -0.928. The number of aliphatic hydroxyl groups is 1. The van der Waals surface area contributed by atoms with Crippen molar-refractivity contribution in [3.8, 4) is 17.1 Å². The zero-order valence-electron chi connectivity index (χ0n) is 18.4. The molecule has 0 bridgehead atoms. The molecule has 1 aromatic carbocycles. The van der Waals surface area contributed by atoms with Crippen LogP contribution in [0.3, 0.4) is 0 Å². The number of nitrogens with one attached hydrogen (secondary N) is 1. The molecule has 0 unspecified atom stereocenters. The van der Waals surface area contributed by atoms with Crippen LogP contribution in [0.4, 0.5) is 0 Å². The van der Waals surface area contributed by atoms with Gasteiger partial charge in [-0.2, -0.15) is 0 Å². The van der Waals surface area contributed by atoms with Crippen molar-refractivity contribution in [1.82, 2.24) is 14.9 Å². The Morgan fingerprint density at radius 3 is 2.76 bits per heavy atom. The molecule has 2 aliphatic heterocycles. The lowest BCUT2D eigenvalue weighted by Gasteiger charge is -2.31. The van der Waals surface area contributed by atoms with Crippen molar-refractivity contribution < 1.29 is 24.5 Å². The lowest BCUT2D eigenvalue weighted by atomic mass is 9.86. The van der Waals surface area contributed by atoms with E-state index in [2.05, 4.69) is 5.32 Å². The van der Waals surface area contributed by atoms with Crippen LogP contribution < -0.4 is 10.9 Å². The zero-order chi connectivity index (χ0) is 23.7. The van der Waals surface area contributed by atoms with Gasteiger partial charge in [-0.05, 0) is 43.2 Å². The predicted octanol–water partition coefficient (Wildman–Crippen LogP) is 1.98. The van der Waals surface area contributed by atoms with E-state index in [1.165, 1.54) is 13.0 Å². The summed E-state index contributed by atoms with van der Waals surface area (Å²) >= 11 is 0. The molecule has 0 aliphatic carbocycles. The first kappa shape index (κ1) is 21.1. The van der Waals surface area contributed by atoms with Crippen LogP contribution >= 0.6 is 0 Å². The molecule has 2 atom stereocenters. The third-order valence-electron chi connectivity index (χ3n) is 6.57. The molecule has 4 heterocycles. The smallest absolute Gasteiger partial charge is 0.343 e. The van der Waals surface area contributed by atoms with Crippen LogP contribution in [0.5, 0.6) is 5.75 Å². The number of fused-ring (bicyclic) bond motifs is 5. The number of phenolic OH excluding ortho intramolecular Hbond substituents is 1. The number of hydrogen-bond acceptors (Lipinski definition) is 7. The minimum absolute atomic E-state index is 0.0594. The minimum atomic E-state index is -1.90. The number of pyridine rings is 2. The Morgan fingerprint density at radius 1 is 1.30 bits per heavy atom. The highest BCUT2D eigenvalue weighted by atomic mass is 16.6. The van der Waals surface area contributed by atoms with Crippen molar-refractivity contribution in [3.05, 3.63) is 56.9 Å². The highest BCUT2D eigenvalue weighted by Crippen LogP contribution is 2.42. The molecule has 170 valence electrons. The van der Waals surface area contributed by atoms with Crippen LogP contribution in [0.25, 0.3) is 22.3 Å². The fourth-order valence-corrected chi connectivity index (χ4v) is 4.97. The van der Waals surface area contributed by atoms with Crippen molar-refractivity contribution in [2.75, 3.05) is 0 Å². The van der Waals surface area contributed by atoms with Crippen LogP contribution in [0.15, 0.2) is 29.1 Å². The topological polar surface area (TPSA) is 131 Å². The molecule has 0 spiro atoms. The van der Waals surface area contributed by atoms with E-state index in [0.29, 0.717) is 22.3 Å². The van der Waals surface area contributed by atoms with E-state index in [1.54, 1.807) is 29.7 Å². The van der Waals surface area contributed by atoms with Crippen LogP contribution in [0.2, 0.25) is 0 Å². The van der Waals surface area contributed by atoms with Gasteiger partial charge in [-0.3, -0.25) is 9.59 Å². The van der Waals surface area contributed by atoms with E-state index in [1.807, 2.05) is 6.92 Å². The van der Waals surface area contributed by atoms with Gasteiger partial charge < -0.3 is 24.8 Å². The number of benzene rings is 1. The second kappa shape index (κ2) is 7.14. The highest BCUT2D eigenvalue weighted by molar-refractivity contribution is 5.90. The Balaban J connectivity index is 1.82. The average Bonchev–Trinajstić information content (AvgIpc) is 3.13. The van der Waals surface area contributed by atoms with Crippen molar-refractivity contribution in [1.29, 1.82) is 0 Å². The number of phenols is 1. The van der Waals surface area contributed by atoms with Crippen molar-refractivity contribution in [2.45, 2.75) is 52.0 Å². The molecule has 5 rings (SSSR count). The Kier molecular flexibility index (Phi) is 4.58. The van der Waals surface area contributed by atoms with Crippen molar-refractivity contribution in [2.24, 2.45) is 0 Å². The Morgan fingerprint density at radius 2 is 2.06 bits per heavy atom. The van der Waals surface area contributed by atoms with Crippen LogP contribution in [-0.2, 0) is 33.1 Å². The molecular formula is C24H23N3O6. The van der Waals surface area contributed by atoms with E-state index >= 15 is 0 Å². The number of esters is 1. The molecule has 0 saturated carbocycles. The molecule has 0 fully saturated rings. The number of amides is 1. The van der Waals surface area contributed by atoms with Gasteiger partial charge in [-0.1, -0.05) is 6.92 Å². The Labute approximate surface area is 188 Å². The van der Waals surface area contributed by atoms with Crippen molar-refractivity contribution >= 4 is 22.8 Å². The minimum Gasteiger partial charge on any atom is -0.508 e. The van der Waals surface area contributed by atoms with E-state index in [4.69, 9.17) is 9.72 Å². The van der Waals surface area contributed by atoms with Gasteiger partial charge in [0, 0.05) is 23.4 Å². The molecule has 2 aliphatic rings.